The fraction of sp³-hybridized carbons (Fsp3) is 0.250. The van der Waals surface area contributed by atoms with E-state index in [0.29, 0.717) is 17.7 Å². The van der Waals surface area contributed by atoms with Crippen molar-refractivity contribution in [3.05, 3.63) is 101 Å². The molecule has 3 aromatic rings. The second-order valence-electron chi connectivity index (χ2n) is 8.97. The highest BCUT2D eigenvalue weighted by molar-refractivity contribution is 6.08. The van der Waals surface area contributed by atoms with Crippen LogP contribution in [0, 0.1) is 0 Å². The zero-order valence-electron chi connectivity index (χ0n) is 19.9. The first-order chi connectivity index (χ1) is 17.7. The number of carbonyl (C=O) groups excluding carboxylic acids is 2. The monoisotopic (exact) mass is 508 g/mol. The number of esters is 1. The Morgan fingerprint density at radius 1 is 0.973 bits per heavy atom. The molecule has 0 saturated heterocycles. The van der Waals surface area contributed by atoms with E-state index in [1.807, 2.05) is 24.3 Å². The molecule has 2 aliphatic heterocycles. The molecule has 6 nitrogen and oxygen atoms in total. The van der Waals surface area contributed by atoms with Crippen LogP contribution in [0.25, 0.3) is 0 Å². The summed E-state index contributed by atoms with van der Waals surface area (Å²) in [6, 6.07) is 19.0. The number of ether oxygens (including phenoxy) is 1. The molecule has 1 amide bonds. The number of nitrogens with zero attached hydrogens (tertiary/aromatic N) is 2. The predicted molar refractivity (Wildman–Crippen MR) is 131 cm³/mol. The largest absolute Gasteiger partial charge is 0.465 e. The van der Waals surface area contributed by atoms with Crippen LogP contribution in [0.15, 0.2) is 78.0 Å². The minimum absolute atomic E-state index is 0.108. The van der Waals surface area contributed by atoms with E-state index in [1.54, 1.807) is 29.2 Å². The molecule has 0 bridgehead atoms. The van der Waals surface area contributed by atoms with E-state index in [-0.39, 0.29) is 22.7 Å². The number of alkyl halides is 3. The highest BCUT2D eigenvalue weighted by atomic mass is 19.4. The summed E-state index contributed by atoms with van der Waals surface area (Å²) in [6.07, 6.45) is -3.57. The van der Waals surface area contributed by atoms with Crippen molar-refractivity contribution in [2.45, 2.75) is 31.0 Å². The van der Waals surface area contributed by atoms with Crippen LogP contribution in [-0.4, -0.2) is 37.4 Å². The molecule has 0 saturated carbocycles. The molecule has 0 aromatic heterocycles. The third kappa shape index (κ3) is 4.34. The van der Waals surface area contributed by atoms with Crippen LogP contribution in [0.3, 0.4) is 0 Å². The number of rotatable bonds is 4. The molecule has 190 valence electrons. The maximum absolute atomic E-state index is 14.3. The van der Waals surface area contributed by atoms with Crippen LogP contribution in [0.5, 0.6) is 0 Å². The normalized spacial score (nSPS) is 19.0. The van der Waals surface area contributed by atoms with Gasteiger partial charge in [-0.25, -0.2) is 4.79 Å². The zero-order valence-corrected chi connectivity index (χ0v) is 19.9. The van der Waals surface area contributed by atoms with Crippen molar-refractivity contribution in [3.8, 4) is 0 Å². The zero-order chi connectivity index (χ0) is 26.2. The standard InChI is InChI=1S/C28H23F3N2O4/c1-36-26(35)21-12-14-22(15-13-21)27(28(29,30)31)17-23(32-37-27)18-8-10-20(11-9-18)25(34)33-16-4-6-19-5-2-3-7-24(19)33/h2-3,5,7-15H,4,6,16-17H2,1H3. The molecule has 0 fully saturated rings. The Hall–Kier alpha value is -4.14. The summed E-state index contributed by atoms with van der Waals surface area (Å²) in [5.41, 5.74) is 0.207. The molecule has 0 aliphatic carbocycles. The Bertz CT molecular complexity index is 1370. The van der Waals surface area contributed by atoms with E-state index in [1.165, 1.54) is 31.4 Å². The Balaban J connectivity index is 1.37. The Kier molecular flexibility index (Phi) is 6.23. The molecule has 2 aliphatic rings. The molecule has 9 heteroatoms. The number of methoxy groups -OCH3 is 1. The van der Waals surface area contributed by atoms with E-state index < -0.39 is 24.2 Å². The lowest BCUT2D eigenvalue weighted by Gasteiger charge is -2.29. The Morgan fingerprint density at radius 3 is 2.32 bits per heavy atom. The van der Waals surface area contributed by atoms with Gasteiger partial charge in [0.25, 0.3) is 11.5 Å². The molecule has 37 heavy (non-hydrogen) atoms. The van der Waals surface area contributed by atoms with E-state index in [9.17, 15) is 22.8 Å². The van der Waals surface area contributed by atoms with Crippen LogP contribution < -0.4 is 4.90 Å². The summed E-state index contributed by atoms with van der Waals surface area (Å²) in [6.45, 7) is 0.598. The molecule has 1 unspecified atom stereocenters. The van der Waals surface area contributed by atoms with Gasteiger partial charge in [-0.1, -0.05) is 47.6 Å². The lowest BCUT2D eigenvalue weighted by atomic mass is 9.86. The second-order valence-corrected chi connectivity index (χ2v) is 8.97. The number of para-hydroxylation sites is 1. The number of carbonyl (C=O) groups is 2. The highest BCUT2D eigenvalue weighted by Crippen LogP contribution is 2.48. The Labute approximate surface area is 211 Å². The van der Waals surface area contributed by atoms with Crippen molar-refractivity contribution >= 4 is 23.3 Å². The van der Waals surface area contributed by atoms with Gasteiger partial charge in [-0.2, -0.15) is 13.2 Å². The van der Waals surface area contributed by atoms with Gasteiger partial charge < -0.3 is 14.5 Å². The minimum atomic E-state index is -4.78. The van der Waals surface area contributed by atoms with Gasteiger partial charge in [0, 0.05) is 29.8 Å². The molecular weight excluding hydrogens is 485 g/mol. The number of oxime groups is 1. The van der Waals surface area contributed by atoms with E-state index in [4.69, 9.17) is 4.84 Å². The number of benzene rings is 3. The first kappa shape index (κ1) is 24.5. The number of halogens is 3. The number of hydrogen-bond acceptors (Lipinski definition) is 5. The average Bonchev–Trinajstić information content (AvgIpc) is 3.39. The summed E-state index contributed by atoms with van der Waals surface area (Å²) in [7, 11) is 1.19. The molecule has 2 heterocycles. The molecule has 1 atom stereocenters. The van der Waals surface area contributed by atoms with Gasteiger partial charge in [0.1, 0.15) is 0 Å². The fourth-order valence-electron chi connectivity index (χ4n) is 4.76. The van der Waals surface area contributed by atoms with Gasteiger partial charge in [0.05, 0.1) is 18.4 Å². The molecule has 3 aromatic carbocycles. The van der Waals surface area contributed by atoms with Crippen molar-refractivity contribution in [1.82, 2.24) is 0 Å². The van der Waals surface area contributed by atoms with Crippen molar-refractivity contribution in [1.29, 1.82) is 0 Å². The molecular formula is C28H23F3N2O4. The van der Waals surface area contributed by atoms with Crippen molar-refractivity contribution in [3.63, 3.8) is 0 Å². The number of fused-ring (bicyclic) bond motifs is 1. The maximum Gasteiger partial charge on any atom is 0.435 e. The number of hydrogen-bond donors (Lipinski definition) is 0. The lowest BCUT2D eigenvalue weighted by molar-refractivity contribution is -0.275. The third-order valence-corrected chi connectivity index (χ3v) is 6.78. The van der Waals surface area contributed by atoms with E-state index in [0.717, 1.165) is 24.1 Å². The lowest BCUT2D eigenvalue weighted by Crippen LogP contribution is -2.42. The summed E-state index contributed by atoms with van der Waals surface area (Å²) in [5.74, 6) is -0.821. The number of amides is 1. The highest BCUT2D eigenvalue weighted by Gasteiger charge is 2.62. The quantitative estimate of drug-likeness (QED) is 0.428. The van der Waals surface area contributed by atoms with Gasteiger partial charge in [0.15, 0.2) is 0 Å². The summed E-state index contributed by atoms with van der Waals surface area (Å²) in [5, 5.41) is 3.78. The van der Waals surface area contributed by atoms with Gasteiger partial charge in [-0.15, -0.1) is 0 Å². The van der Waals surface area contributed by atoms with Gasteiger partial charge in [0.2, 0.25) is 0 Å². The van der Waals surface area contributed by atoms with E-state index >= 15 is 0 Å². The minimum Gasteiger partial charge on any atom is -0.465 e. The number of anilines is 1. The first-order valence-electron chi connectivity index (χ1n) is 11.7. The number of aryl methyl sites for hydroxylation is 1. The van der Waals surface area contributed by atoms with E-state index in [2.05, 4.69) is 9.89 Å². The summed E-state index contributed by atoms with van der Waals surface area (Å²) < 4.78 is 47.4. The van der Waals surface area contributed by atoms with Crippen molar-refractivity contribution in [2.24, 2.45) is 5.16 Å². The van der Waals surface area contributed by atoms with Crippen LogP contribution in [0.2, 0.25) is 0 Å². The Morgan fingerprint density at radius 2 is 1.65 bits per heavy atom. The van der Waals surface area contributed by atoms with Gasteiger partial charge >= 0.3 is 12.1 Å². The van der Waals surface area contributed by atoms with Crippen LogP contribution in [-0.2, 0) is 21.6 Å². The second kappa shape index (κ2) is 9.38. The van der Waals surface area contributed by atoms with Crippen LogP contribution >= 0.6 is 0 Å². The molecule has 0 radical (unpaired) electrons. The van der Waals surface area contributed by atoms with Gasteiger partial charge in [-0.3, -0.25) is 4.79 Å². The van der Waals surface area contributed by atoms with Gasteiger partial charge in [-0.05, 0) is 54.3 Å². The third-order valence-electron chi connectivity index (χ3n) is 6.78. The van der Waals surface area contributed by atoms with Crippen LogP contribution in [0.1, 0.15) is 50.2 Å². The summed E-state index contributed by atoms with van der Waals surface area (Å²) >= 11 is 0. The van der Waals surface area contributed by atoms with Crippen molar-refractivity contribution < 1.29 is 32.3 Å². The van der Waals surface area contributed by atoms with Crippen molar-refractivity contribution in [2.75, 3.05) is 18.6 Å². The fourth-order valence-corrected chi connectivity index (χ4v) is 4.76. The average molecular weight is 508 g/mol. The topological polar surface area (TPSA) is 68.2 Å². The summed E-state index contributed by atoms with van der Waals surface area (Å²) in [4.78, 5) is 31.7. The predicted octanol–water partition coefficient (Wildman–Crippen LogP) is 5.65. The smallest absolute Gasteiger partial charge is 0.435 e. The SMILES string of the molecule is COC(=O)c1ccc(C2(C(F)(F)F)CC(c3ccc(C(=O)N4CCCc5ccccc54)cc3)=NO2)cc1. The maximum atomic E-state index is 14.3. The first-order valence-corrected chi connectivity index (χ1v) is 11.7. The molecule has 0 spiro atoms. The molecule has 5 rings (SSSR count). The van der Waals surface area contributed by atoms with Crippen LogP contribution in [0.4, 0.5) is 18.9 Å². The molecule has 0 N–H and O–H groups in total.